The molecule has 10 heteroatoms. The quantitative estimate of drug-likeness (QED) is 0.495. The molecule has 4 heterocycles. The molecule has 0 bridgehead atoms. The van der Waals surface area contributed by atoms with Crippen LogP contribution in [0.5, 0.6) is 0 Å². The van der Waals surface area contributed by atoms with Crippen LogP contribution in [0.4, 0.5) is 4.39 Å². The Morgan fingerprint density at radius 3 is 2.93 bits per heavy atom. The summed E-state index contributed by atoms with van der Waals surface area (Å²) in [5.41, 5.74) is 1.14. The molecule has 1 saturated carbocycles. The maximum atomic E-state index is 13.9. The van der Waals surface area contributed by atoms with E-state index in [-0.39, 0.29) is 41.1 Å². The summed E-state index contributed by atoms with van der Waals surface area (Å²) in [5.74, 6) is 0.135. The number of piperazine rings is 1. The number of carbonyl (C=O) groups excluding carboxylic acids is 1. The van der Waals surface area contributed by atoms with Crippen molar-refractivity contribution in [1.29, 1.82) is 5.26 Å². The zero-order valence-electron chi connectivity index (χ0n) is 24.1. The molecule has 6 rings (SSSR count). The average molecular weight is 583 g/mol. The van der Waals surface area contributed by atoms with E-state index in [9.17, 15) is 14.4 Å². The molecule has 7 atom stereocenters. The highest BCUT2D eigenvalue weighted by Gasteiger charge is 2.50. The van der Waals surface area contributed by atoms with E-state index in [4.69, 9.17) is 4.74 Å². The summed E-state index contributed by atoms with van der Waals surface area (Å²) < 4.78 is 20.6. The van der Waals surface area contributed by atoms with E-state index in [1.165, 1.54) is 17.4 Å². The fraction of sp³-hybridized carbons (Fsp3) is 0.677. The standard InChI is InChI=1S/C31H43FN6O2S/c1-3-28(39)38-16-15-37(19-23(38)10-13-33)29-25-9-12-31(11-8-21-17-22(32)6-7-27(21)41-31)18-26(25)34-30(35-29)40-20-24-5-4-14-36(24)2/h3,6-7,17,23-26,29-30,34-35H,1,4-5,8-12,14-16,18-20H2,2H3/t23?,24?,25?,26?,29?,30?,31-/m1/s1. The van der Waals surface area contributed by atoms with Crippen LogP contribution in [-0.4, -0.2) is 95.8 Å². The molecule has 5 aliphatic rings. The lowest BCUT2D eigenvalue weighted by atomic mass is 9.73. The Hall–Kier alpha value is -2.00. The third-order valence-electron chi connectivity index (χ3n) is 10.2. The summed E-state index contributed by atoms with van der Waals surface area (Å²) in [5, 5.41) is 17.2. The van der Waals surface area contributed by atoms with Crippen LogP contribution in [0.1, 0.15) is 50.5 Å². The van der Waals surface area contributed by atoms with Crippen molar-refractivity contribution in [3.63, 3.8) is 0 Å². The summed E-state index contributed by atoms with van der Waals surface area (Å²) in [4.78, 5) is 20.4. The van der Waals surface area contributed by atoms with Gasteiger partial charge in [-0.3, -0.25) is 20.3 Å². The molecule has 4 aliphatic heterocycles. The molecule has 4 fully saturated rings. The van der Waals surface area contributed by atoms with E-state index >= 15 is 0 Å². The lowest BCUT2D eigenvalue weighted by Gasteiger charge is -2.56. The Morgan fingerprint density at radius 2 is 2.15 bits per heavy atom. The van der Waals surface area contributed by atoms with Crippen LogP contribution >= 0.6 is 11.8 Å². The first-order valence-corrected chi connectivity index (χ1v) is 16.0. The van der Waals surface area contributed by atoms with Crippen molar-refractivity contribution < 1.29 is 13.9 Å². The van der Waals surface area contributed by atoms with Crippen LogP contribution in [-0.2, 0) is 16.0 Å². The molecular weight excluding hydrogens is 539 g/mol. The van der Waals surface area contributed by atoms with Gasteiger partial charge in [0.25, 0.3) is 0 Å². The van der Waals surface area contributed by atoms with E-state index in [0.29, 0.717) is 38.1 Å². The number of nitriles is 1. The van der Waals surface area contributed by atoms with Gasteiger partial charge in [-0.05, 0) is 88.4 Å². The van der Waals surface area contributed by atoms with Gasteiger partial charge in [0.05, 0.1) is 31.3 Å². The lowest BCUT2D eigenvalue weighted by Crippen LogP contribution is -2.72. The number of aryl methyl sites for hydroxylation is 1. The number of benzene rings is 1. The van der Waals surface area contributed by atoms with Gasteiger partial charge >= 0.3 is 0 Å². The van der Waals surface area contributed by atoms with Crippen molar-refractivity contribution in [2.24, 2.45) is 5.92 Å². The number of amides is 1. The second-order valence-electron chi connectivity index (χ2n) is 12.6. The molecule has 3 saturated heterocycles. The molecule has 8 nitrogen and oxygen atoms in total. The molecule has 6 unspecified atom stereocenters. The fourth-order valence-electron chi connectivity index (χ4n) is 7.87. The molecule has 1 amide bonds. The van der Waals surface area contributed by atoms with E-state index < -0.39 is 0 Å². The number of hydrogen-bond acceptors (Lipinski definition) is 8. The number of rotatable bonds is 6. The van der Waals surface area contributed by atoms with Crippen LogP contribution in [0.15, 0.2) is 35.7 Å². The zero-order chi connectivity index (χ0) is 28.6. The van der Waals surface area contributed by atoms with Crippen molar-refractivity contribution in [3.05, 3.63) is 42.2 Å². The number of nitrogens with one attached hydrogen (secondary N) is 2. The van der Waals surface area contributed by atoms with E-state index in [1.807, 2.05) is 22.7 Å². The minimum atomic E-state index is -0.261. The first kappa shape index (κ1) is 29.1. The van der Waals surface area contributed by atoms with Crippen molar-refractivity contribution in [2.45, 2.75) is 91.7 Å². The second kappa shape index (κ2) is 12.3. The smallest absolute Gasteiger partial charge is 0.246 e. The molecule has 0 radical (unpaired) electrons. The fourth-order valence-corrected chi connectivity index (χ4v) is 9.45. The normalized spacial score (nSPS) is 36.0. The van der Waals surface area contributed by atoms with Crippen molar-refractivity contribution in [1.82, 2.24) is 25.3 Å². The van der Waals surface area contributed by atoms with Crippen LogP contribution in [0, 0.1) is 23.1 Å². The number of likely N-dealkylation sites (tertiary alicyclic amines) is 1. The maximum Gasteiger partial charge on any atom is 0.246 e. The van der Waals surface area contributed by atoms with Crippen molar-refractivity contribution in [3.8, 4) is 6.07 Å². The summed E-state index contributed by atoms with van der Waals surface area (Å²) in [6, 6.07) is 8.12. The molecule has 1 aliphatic carbocycles. The highest BCUT2D eigenvalue weighted by atomic mass is 32.2. The second-order valence-corrected chi connectivity index (χ2v) is 14.1. The monoisotopic (exact) mass is 582 g/mol. The van der Waals surface area contributed by atoms with Crippen molar-refractivity contribution in [2.75, 3.05) is 39.8 Å². The largest absolute Gasteiger partial charge is 0.348 e. The molecule has 41 heavy (non-hydrogen) atoms. The predicted molar refractivity (Wildman–Crippen MR) is 157 cm³/mol. The van der Waals surface area contributed by atoms with E-state index in [0.717, 1.165) is 57.2 Å². The number of fused-ring (bicyclic) bond motifs is 2. The van der Waals surface area contributed by atoms with Gasteiger partial charge in [-0.2, -0.15) is 5.26 Å². The van der Waals surface area contributed by atoms with Crippen LogP contribution in [0.2, 0.25) is 0 Å². The number of hydrogen-bond donors (Lipinski definition) is 2. The zero-order valence-corrected chi connectivity index (χ0v) is 24.9. The minimum absolute atomic E-state index is 0.0991. The third kappa shape index (κ3) is 6.08. The number of likely N-dealkylation sites (N-methyl/N-ethyl adjacent to an activating group) is 1. The van der Waals surface area contributed by atoms with Gasteiger partial charge in [-0.25, -0.2) is 4.39 Å². The molecule has 2 N–H and O–H groups in total. The molecule has 0 aromatic heterocycles. The Bertz CT molecular complexity index is 1180. The topological polar surface area (TPSA) is 83.9 Å². The van der Waals surface area contributed by atoms with Gasteiger partial charge in [0.15, 0.2) is 6.35 Å². The first-order valence-electron chi connectivity index (χ1n) is 15.2. The third-order valence-corrected chi connectivity index (χ3v) is 11.8. The minimum Gasteiger partial charge on any atom is -0.348 e. The predicted octanol–water partition coefficient (Wildman–Crippen LogP) is 3.30. The molecule has 222 valence electrons. The van der Waals surface area contributed by atoms with Gasteiger partial charge in [-0.1, -0.05) is 6.58 Å². The highest BCUT2D eigenvalue weighted by molar-refractivity contribution is 8.00. The summed E-state index contributed by atoms with van der Waals surface area (Å²) in [6.07, 6.45) is 9.08. The summed E-state index contributed by atoms with van der Waals surface area (Å²) in [7, 11) is 2.18. The maximum absolute atomic E-state index is 13.9. The van der Waals surface area contributed by atoms with Crippen molar-refractivity contribution >= 4 is 17.7 Å². The number of carbonyl (C=O) groups is 1. The van der Waals surface area contributed by atoms with E-state index in [2.05, 4.69) is 40.1 Å². The highest BCUT2D eigenvalue weighted by Crippen LogP contribution is 2.53. The Balaban J connectivity index is 1.20. The molecule has 1 spiro atoms. The number of ether oxygens (including phenoxy) is 1. The van der Waals surface area contributed by atoms with Gasteiger partial charge in [0.2, 0.25) is 5.91 Å². The summed E-state index contributed by atoms with van der Waals surface area (Å²) >= 11 is 1.95. The van der Waals surface area contributed by atoms with Gasteiger partial charge in [-0.15, -0.1) is 11.8 Å². The molecule has 1 aromatic rings. The molecule has 1 aromatic carbocycles. The Labute approximate surface area is 247 Å². The Kier molecular flexibility index (Phi) is 8.74. The summed E-state index contributed by atoms with van der Waals surface area (Å²) in [6.45, 7) is 7.47. The number of halogens is 1. The van der Waals surface area contributed by atoms with E-state index in [1.54, 1.807) is 12.1 Å². The van der Waals surface area contributed by atoms with Crippen LogP contribution < -0.4 is 10.6 Å². The Morgan fingerprint density at radius 1 is 1.27 bits per heavy atom. The van der Waals surface area contributed by atoms with Crippen LogP contribution in [0.25, 0.3) is 0 Å². The first-order chi connectivity index (χ1) is 19.9. The van der Waals surface area contributed by atoms with Gasteiger partial charge < -0.3 is 14.5 Å². The van der Waals surface area contributed by atoms with Crippen LogP contribution in [0.3, 0.4) is 0 Å². The average Bonchev–Trinajstić information content (AvgIpc) is 3.39. The van der Waals surface area contributed by atoms with Gasteiger partial charge in [0, 0.05) is 47.3 Å². The van der Waals surface area contributed by atoms with Gasteiger partial charge in [0.1, 0.15) is 5.82 Å². The molecular formula is C31H43FN6O2S. The number of nitrogens with zero attached hydrogens (tertiary/aromatic N) is 4. The lowest BCUT2D eigenvalue weighted by molar-refractivity contribution is -0.135. The SMILES string of the molecule is C=CC(=O)N1CCN(C2NC(OCC3CCCN3C)NC3C[C@@]4(CCc5cc(F)ccc5S4)CCC32)CC1CC#N. The number of thioether (sulfide) groups is 1.